The predicted molar refractivity (Wildman–Crippen MR) is 250 cm³/mol. The van der Waals surface area contributed by atoms with Gasteiger partial charge in [-0.05, 0) is 121 Å². The zero-order chi connectivity index (χ0) is 38.2. The standard InChI is InChI=1S/C56H35NS/c1-3-14-36(15-4-1)38-27-30-53-49(34-38)50-35-40(28-31-54(50)58-53)39-26-29-52-48(33-39)43-20-11-12-25-51(43)57(52)42-19-13-18-41(32-42)56-46-23-9-7-21-44(46)55(37-16-5-2-6-17-37)45-22-8-10-24-47(45)56/h1-35H. The number of para-hydroxylation sites is 1. The first kappa shape index (κ1) is 32.9. The molecule has 1 nitrogen and oxygen atoms in total. The number of rotatable bonds is 5. The number of thiophene rings is 1. The second-order valence-electron chi connectivity index (χ2n) is 15.2. The molecule has 0 saturated heterocycles. The first-order valence-electron chi connectivity index (χ1n) is 19.9. The molecule has 2 heterocycles. The van der Waals surface area contributed by atoms with Crippen LogP contribution in [0.4, 0.5) is 0 Å². The van der Waals surface area contributed by atoms with E-state index in [1.165, 1.54) is 108 Å². The van der Waals surface area contributed by atoms with Crippen LogP contribution in [0.3, 0.4) is 0 Å². The summed E-state index contributed by atoms with van der Waals surface area (Å²) < 4.78 is 5.08. The molecule has 12 rings (SSSR count). The molecule has 0 fully saturated rings. The van der Waals surface area contributed by atoms with Crippen LogP contribution < -0.4 is 0 Å². The molecule has 0 N–H and O–H groups in total. The van der Waals surface area contributed by atoms with Crippen LogP contribution in [0.15, 0.2) is 212 Å². The molecule has 12 aromatic rings. The molecule has 0 amide bonds. The Balaban J connectivity index is 1.02. The minimum Gasteiger partial charge on any atom is -0.309 e. The molecule has 270 valence electrons. The summed E-state index contributed by atoms with van der Waals surface area (Å²) in [6, 6.07) is 78.2. The molecule has 0 aliphatic carbocycles. The van der Waals surface area contributed by atoms with E-state index < -0.39 is 0 Å². The van der Waals surface area contributed by atoms with Gasteiger partial charge < -0.3 is 4.57 Å². The molecule has 2 aromatic heterocycles. The molecule has 0 unspecified atom stereocenters. The normalized spacial score (nSPS) is 11.8. The van der Waals surface area contributed by atoms with Crippen LogP contribution in [0.5, 0.6) is 0 Å². The van der Waals surface area contributed by atoms with Crippen molar-refractivity contribution in [2.24, 2.45) is 0 Å². The highest BCUT2D eigenvalue weighted by atomic mass is 32.1. The Morgan fingerprint density at radius 1 is 0.259 bits per heavy atom. The van der Waals surface area contributed by atoms with E-state index in [1.807, 2.05) is 11.3 Å². The Labute approximate surface area is 340 Å². The Hall–Kier alpha value is -7.26. The lowest BCUT2D eigenvalue weighted by Crippen LogP contribution is -1.95. The van der Waals surface area contributed by atoms with Crippen LogP contribution in [0, 0.1) is 0 Å². The quantitative estimate of drug-likeness (QED) is 0.154. The van der Waals surface area contributed by atoms with Crippen molar-refractivity contribution in [2.45, 2.75) is 0 Å². The van der Waals surface area contributed by atoms with Gasteiger partial charge in [-0.3, -0.25) is 0 Å². The Morgan fingerprint density at radius 2 is 0.707 bits per heavy atom. The maximum atomic E-state index is 2.45. The fourth-order valence-corrected chi connectivity index (χ4v) is 10.4. The third-order valence-corrected chi connectivity index (χ3v) is 13.1. The third kappa shape index (κ3) is 5.16. The summed E-state index contributed by atoms with van der Waals surface area (Å²) >= 11 is 1.87. The van der Waals surface area contributed by atoms with E-state index in [2.05, 4.69) is 217 Å². The lowest BCUT2D eigenvalue weighted by molar-refractivity contribution is 1.18. The zero-order valence-electron chi connectivity index (χ0n) is 31.6. The molecule has 0 aliphatic rings. The van der Waals surface area contributed by atoms with Crippen molar-refractivity contribution in [3.8, 4) is 50.2 Å². The average molecular weight is 754 g/mol. The molecule has 10 aromatic carbocycles. The van der Waals surface area contributed by atoms with Gasteiger partial charge in [-0.1, -0.05) is 158 Å². The maximum Gasteiger partial charge on any atom is 0.0541 e. The minimum absolute atomic E-state index is 1.15. The minimum atomic E-state index is 1.15. The Kier molecular flexibility index (Phi) is 7.47. The summed E-state index contributed by atoms with van der Waals surface area (Å²) in [7, 11) is 0. The molecule has 0 saturated carbocycles. The van der Waals surface area contributed by atoms with Crippen molar-refractivity contribution < 1.29 is 0 Å². The van der Waals surface area contributed by atoms with Gasteiger partial charge in [0.15, 0.2) is 0 Å². The van der Waals surface area contributed by atoms with Crippen LogP contribution >= 0.6 is 11.3 Å². The topological polar surface area (TPSA) is 4.93 Å². The summed E-state index contributed by atoms with van der Waals surface area (Å²) in [6.45, 7) is 0. The molecule has 0 aliphatic heterocycles. The van der Waals surface area contributed by atoms with Crippen molar-refractivity contribution >= 4 is 74.9 Å². The molecule has 0 radical (unpaired) electrons. The lowest BCUT2D eigenvalue weighted by atomic mass is 9.86. The van der Waals surface area contributed by atoms with Crippen LogP contribution in [0.25, 0.3) is 114 Å². The van der Waals surface area contributed by atoms with Gasteiger partial charge in [0.25, 0.3) is 0 Å². The van der Waals surface area contributed by atoms with Gasteiger partial charge >= 0.3 is 0 Å². The Morgan fingerprint density at radius 3 is 1.33 bits per heavy atom. The number of aromatic nitrogens is 1. The summed E-state index contributed by atoms with van der Waals surface area (Å²) in [5.74, 6) is 0. The smallest absolute Gasteiger partial charge is 0.0541 e. The Bertz CT molecular complexity index is 3500. The zero-order valence-corrected chi connectivity index (χ0v) is 32.4. The van der Waals surface area contributed by atoms with E-state index in [1.54, 1.807) is 0 Å². The summed E-state index contributed by atoms with van der Waals surface area (Å²) in [4.78, 5) is 0. The van der Waals surface area contributed by atoms with Gasteiger partial charge in [0.05, 0.1) is 11.0 Å². The van der Waals surface area contributed by atoms with Crippen LogP contribution in [0.2, 0.25) is 0 Å². The SMILES string of the molecule is c1ccc(-c2ccc3sc4ccc(-c5ccc6c(c5)c5ccccc5n6-c5cccc(-c6c7ccccc7c(-c7ccccc7)c7ccccc67)c5)cc4c3c2)cc1. The van der Waals surface area contributed by atoms with Crippen molar-refractivity contribution in [3.05, 3.63) is 212 Å². The lowest BCUT2D eigenvalue weighted by Gasteiger charge is -2.18. The molecule has 0 spiro atoms. The van der Waals surface area contributed by atoms with Crippen molar-refractivity contribution in [1.82, 2.24) is 4.57 Å². The predicted octanol–water partition coefficient (Wildman–Crippen LogP) is 16.1. The monoisotopic (exact) mass is 753 g/mol. The van der Waals surface area contributed by atoms with E-state index in [9.17, 15) is 0 Å². The second kappa shape index (κ2) is 13.2. The highest BCUT2D eigenvalue weighted by molar-refractivity contribution is 7.25. The van der Waals surface area contributed by atoms with Crippen LogP contribution in [-0.2, 0) is 0 Å². The maximum absolute atomic E-state index is 2.45. The van der Waals surface area contributed by atoms with E-state index >= 15 is 0 Å². The van der Waals surface area contributed by atoms with Gasteiger partial charge in [0, 0.05) is 36.6 Å². The number of hydrogen-bond acceptors (Lipinski definition) is 1. The molecular formula is C56H35NS. The molecule has 2 heteroatoms. The number of benzene rings is 10. The second-order valence-corrected chi connectivity index (χ2v) is 16.3. The largest absolute Gasteiger partial charge is 0.309 e. The van der Waals surface area contributed by atoms with E-state index in [0.29, 0.717) is 0 Å². The third-order valence-electron chi connectivity index (χ3n) is 12.0. The highest BCUT2D eigenvalue weighted by Crippen LogP contribution is 2.45. The first-order valence-corrected chi connectivity index (χ1v) is 20.7. The van der Waals surface area contributed by atoms with Crippen molar-refractivity contribution in [3.63, 3.8) is 0 Å². The van der Waals surface area contributed by atoms with Crippen molar-refractivity contribution in [1.29, 1.82) is 0 Å². The summed E-state index contributed by atoms with van der Waals surface area (Å²) in [5, 5.41) is 10.2. The van der Waals surface area contributed by atoms with Crippen LogP contribution in [-0.4, -0.2) is 4.57 Å². The average Bonchev–Trinajstić information content (AvgIpc) is 3.83. The van der Waals surface area contributed by atoms with Gasteiger partial charge in [-0.25, -0.2) is 0 Å². The summed E-state index contributed by atoms with van der Waals surface area (Å²) in [5.41, 5.74) is 13.5. The van der Waals surface area contributed by atoms with Crippen molar-refractivity contribution in [2.75, 3.05) is 0 Å². The summed E-state index contributed by atoms with van der Waals surface area (Å²) in [6.07, 6.45) is 0. The first-order chi connectivity index (χ1) is 28.8. The fourth-order valence-electron chi connectivity index (χ4n) is 9.35. The molecular weight excluding hydrogens is 719 g/mol. The highest BCUT2D eigenvalue weighted by Gasteiger charge is 2.19. The molecule has 58 heavy (non-hydrogen) atoms. The fraction of sp³-hybridized carbons (Fsp3) is 0. The van der Waals surface area contributed by atoms with E-state index in [4.69, 9.17) is 0 Å². The number of fused-ring (bicyclic) bond motifs is 8. The van der Waals surface area contributed by atoms with E-state index in [0.717, 1.165) is 5.69 Å². The van der Waals surface area contributed by atoms with E-state index in [-0.39, 0.29) is 0 Å². The molecule has 0 atom stereocenters. The van der Waals surface area contributed by atoms with Gasteiger partial charge in [-0.2, -0.15) is 0 Å². The van der Waals surface area contributed by atoms with Gasteiger partial charge in [0.1, 0.15) is 0 Å². The van der Waals surface area contributed by atoms with Gasteiger partial charge in [-0.15, -0.1) is 11.3 Å². The number of nitrogens with zero attached hydrogens (tertiary/aromatic N) is 1. The number of hydrogen-bond donors (Lipinski definition) is 0. The van der Waals surface area contributed by atoms with Crippen LogP contribution in [0.1, 0.15) is 0 Å². The molecule has 0 bridgehead atoms. The van der Waals surface area contributed by atoms with Gasteiger partial charge in [0.2, 0.25) is 0 Å².